The summed E-state index contributed by atoms with van der Waals surface area (Å²) in [6.45, 7) is 5.88. The van der Waals surface area contributed by atoms with E-state index in [1.807, 2.05) is 13.8 Å². The molecule has 66 valence electrons. The van der Waals surface area contributed by atoms with Gasteiger partial charge in [-0.3, -0.25) is 5.32 Å². The van der Waals surface area contributed by atoms with Gasteiger partial charge in [0, 0.05) is 12.2 Å². The lowest BCUT2D eigenvalue weighted by molar-refractivity contribution is 0.709. The molecule has 2 N–H and O–H groups in total. The second-order valence-electron chi connectivity index (χ2n) is 2.44. The van der Waals surface area contributed by atoms with Crippen molar-refractivity contribution in [3.8, 4) is 0 Å². The Morgan fingerprint density at radius 1 is 1.17 bits per heavy atom. The molecule has 0 aliphatic carbocycles. The number of hydrogen-bond donors (Lipinski definition) is 2. The van der Waals surface area contributed by atoms with Crippen LogP contribution in [0.4, 0.5) is 5.69 Å². The average Bonchev–Trinajstić information content (AvgIpc) is 2.21. The molecule has 12 heavy (non-hydrogen) atoms. The van der Waals surface area contributed by atoms with Gasteiger partial charge in [-0.05, 0) is 11.6 Å². The summed E-state index contributed by atoms with van der Waals surface area (Å²) < 4.78 is 0. The van der Waals surface area contributed by atoms with E-state index in [1.54, 1.807) is 0 Å². The van der Waals surface area contributed by atoms with Crippen molar-refractivity contribution in [3.63, 3.8) is 0 Å². The minimum Gasteiger partial charge on any atom is -0.372 e. The topological polar surface area (TPSA) is 24.1 Å². The maximum Gasteiger partial charge on any atom is 0.0655 e. The molecule has 1 heterocycles. The molecule has 2 rings (SSSR count). The van der Waals surface area contributed by atoms with E-state index in [2.05, 4.69) is 34.9 Å². The molecule has 1 aromatic rings. The fourth-order valence-electron chi connectivity index (χ4n) is 1.20. The number of hydrogen-bond acceptors (Lipinski definition) is 2. The van der Waals surface area contributed by atoms with Crippen LogP contribution in [0.5, 0.6) is 0 Å². The van der Waals surface area contributed by atoms with Gasteiger partial charge >= 0.3 is 0 Å². The molecule has 0 spiro atoms. The average molecular weight is 164 g/mol. The Balaban J connectivity index is 0.000000336. The van der Waals surface area contributed by atoms with Crippen LogP contribution in [0.1, 0.15) is 19.4 Å². The van der Waals surface area contributed by atoms with E-state index in [0.29, 0.717) is 0 Å². The van der Waals surface area contributed by atoms with Crippen molar-refractivity contribution in [3.05, 3.63) is 29.8 Å². The molecule has 0 saturated carbocycles. The van der Waals surface area contributed by atoms with Gasteiger partial charge in [-0.15, -0.1) is 0 Å². The maximum absolute atomic E-state index is 3.25. The minimum atomic E-state index is 0.886. The van der Waals surface area contributed by atoms with Gasteiger partial charge in [0.1, 0.15) is 0 Å². The van der Waals surface area contributed by atoms with Crippen molar-refractivity contribution < 1.29 is 0 Å². The van der Waals surface area contributed by atoms with Gasteiger partial charge in [-0.1, -0.05) is 32.0 Å². The fraction of sp³-hybridized carbons (Fsp3) is 0.400. The SMILES string of the molecule is CC.c1ccc2c(c1)CNCN2. The number of rotatable bonds is 0. The maximum atomic E-state index is 3.25. The first kappa shape index (κ1) is 9.07. The summed E-state index contributed by atoms with van der Waals surface area (Å²) in [5, 5.41) is 6.48. The van der Waals surface area contributed by atoms with Gasteiger partial charge in [0.2, 0.25) is 0 Å². The molecule has 2 heteroatoms. The Hall–Kier alpha value is -1.02. The highest BCUT2D eigenvalue weighted by Gasteiger charge is 2.03. The Labute approximate surface area is 74.0 Å². The van der Waals surface area contributed by atoms with Crippen LogP contribution < -0.4 is 10.6 Å². The zero-order valence-corrected chi connectivity index (χ0v) is 7.72. The number of nitrogens with one attached hydrogen (secondary N) is 2. The number of fused-ring (bicyclic) bond motifs is 1. The summed E-state index contributed by atoms with van der Waals surface area (Å²) in [6.07, 6.45) is 0. The van der Waals surface area contributed by atoms with Gasteiger partial charge in [0.25, 0.3) is 0 Å². The van der Waals surface area contributed by atoms with Crippen LogP contribution in [-0.2, 0) is 6.54 Å². The van der Waals surface area contributed by atoms with E-state index >= 15 is 0 Å². The second kappa shape index (κ2) is 4.78. The van der Waals surface area contributed by atoms with Crippen molar-refractivity contribution in [2.75, 3.05) is 12.0 Å². The molecule has 0 aromatic heterocycles. The summed E-state index contributed by atoms with van der Waals surface area (Å²) in [4.78, 5) is 0. The lowest BCUT2D eigenvalue weighted by atomic mass is 10.1. The van der Waals surface area contributed by atoms with Gasteiger partial charge in [0.15, 0.2) is 0 Å². The monoisotopic (exact) mass is 164 g/mol. The molecule has 2 nitrogen and oxygen atoms in total. The molecule has 1 aliphatic rings. The van der Waals surface area contributed by atoms with Crippen LogP contribution in [0.15, 0.2) is 24.3 Å². The largest absolute Gasteiger partial charge is 0.372 e. The van der Waals surface area contributed by atoms with E-state index in [-0.39, 0.29) is 0 Å². The van der Waals surface area contributed by atoms with Crippen molar-refractivity contribution in [1.29, 1.82) is 0 Å². The third-order valence-electron chi connectivity index (χ3n) is 1.74. The Bertz CT molecular complexity index is 208. The molecule has 0 atom stereocenters. The van der Waals surface area contributed by atoms with Crippen LogP contribution in [0, 0.1) is 0 Å². The predicted octanol–water partition coefficient (Wildman–Crippen LogP) is 2.19. The molecule has 0 amide bonds. The highest BCUT2D eigenvalue weighted by Crippen LogP contribution is 2.16. The number of para-hydroxylation sites is 1. The van der Waals surface area contributed by atoms with Crippen LogP contribution in [0.3, 0.4) is 0 Å². The Kier molecular flexibility index (Phi) is 3.61. The van der Waals surface area contributed by atoms with Crippen LogP contribution in [-0.4, -0.2) is 6.67 Å². The highest BCUT2D eigenvalue weighted by atomic mass is 15.1. The van der Waals surface area contributed by atoms with E-state index in [1.165, 1.54) is 11.3 Å². The zero-order valence-electron chi connectivity index (χ0n) is 7.72. The predicted molar refractivity (Wildman–Crippen MR) is 53.1 cm³/mol. The van der Waals surface area contributed by atoms with Gasteiger partial charge in [-0.25, -0.2) is 0 Å². The first-order valence-corrected chi connectivity index (χ1v) is 4.49. The molecule has 0 unspecified atom stereocenters. The Morgan fingerprint density at radius 2 is 1.92 bits per heavy atom. The van der Waals surface area contributed by atoms with Crippen molar-refractivity contribution in [2.24, 2.45) is 0 Å². The minimum absolute atomic E-state index is 0.886. The molecule has 1 aromatic carbocycles. The smallest absolute Gasteiger partial charge is 0.0655 e. The molecular formula is C10H16N2. The van der Waals surface area contributed by atoms with E-state index in [9.17, 15) is 0 Å². The standard InChI is InChI=1S/C8H10N2.C2H6/c1-2-4-8-7(3-1)5-9-6-10-8;1-2/h1-4,9-10H,5-6H2;1-2H3. The first-order valence-electron chi connectivity index (χ1n) is 4.49. The van der Waals surface area contributed by atoms with Crippen molar-refractivity contribution in [2.45, 2.75) is 20.4 Å². The van der Waals surface area contributed by atoms with Gasteiger partial charge in [-0.2, -0.15) is 0 Å². The number of anilines is 1. The van der Waals surface area contributed by atoms with Crippen LogP contribution in [0.2, 0.25) is 0 Å². The lowest BCUT2D eigenvalue weighted by Crippen LogP contribution is -2.27. The van der Waals surface area contributed by atoms with E-state index in [0.717, 1.165) is 13.2 Å². The van der Waals surface area contributed by atoms with Crippen molar-refractivity contribution >= 4 is 5.69 Å². The zero-order chi connectivity index (χ0) is 8.81. The molecule has 1 aliphatic heterocycles. The summed E-state index contributed by atoms with van der Waals surface area (Å²) in [7, 11) is 0. The molecule has 0 bridgehead atoms. The van der Waals surface area contributed by atoms with Gasteiger partial charge in [0.05, 0.1) is 6.67 Å². The summed E-state index contributed by atoms with van der Waals surface area (Å²) in [5.74, 6) is 0. The van der Waals surface area contributed by atoms with E-state index < -0.39 is 0 Å². The van der Waals surface area contributed by atoms with Gasteiger partial charge < -0.3 is 5.32 Å². The molecule has 0 fully saturated rings. The normalized spacial score (nSPS) is 13.5. The van der Waals surface area contributed by atoms with Crippen molar-refractivity contribution in [1.82, 2.24) is 5.32 Å². The molecule has 0 saturated heterocycles. The summed E-state index contributed by atoms with van der Waals surface area (Å²) in [5.41, 5.74) is 2.62. The lowest BCUT2D eigenvalue weighted by Gasteiger charge is -2.18. The highest BCUT2D eigenvalue weighted by molar-refractivity contribution is 5.52. The van der Waals surface area contributed by atoms with E-state index in [4.69, 9.17) is 0 Å². The van der Waals surface area contributed by atoms with Crippen LogP contribution in [0.25, 0.3) is 0 Å². The molecule has 0 radical (unpaired) electrons. The third kappa shape index (κ3) is 1.98. The number of benzene rings is 1. The molecular weight excluding hydrogens is 148 g/mol. The third-order valence-corrected chi connectivity index (χ3v) is 1.74. The second-order valence-corrected chi connectivity index (χ2v) is 2.44. The quantitative estimate of drug-likeness (QED) is 0.614. The van der Waals surface area contributed by atoms with Crippen LogP contribution >= 0.6 is 0 Å². The first-order chi connectivity index (χ1) is 5.97. The summed E-state index contributed by atoms with van der Waals surface area (Å²) >= 11 is 0. The fourth-order valence-corrected chi connectivity index (χ4v) is 1.20. The summed E-state index contributed by atoms with van der Waals surface area (Å²) in [6, 6.07) is 8.36. The Morgan fingerprint density at radius 3 is 2.67 bits per heavy atom.